The van der Waals surface area contributed by atoms with Gasteiger partial charge in [-0.25, -0.2) is 5.43 Å². The van der Waals surface area contributed by atoms with E-state index in [0.717, 1.165) is 0 Å². The van der Waals surface area contributed by atoms with Crippen LogP contribution in [0.1, 0.15) is 16.1 Å². The number of pyridine rings is 1. The summed E-state index contributed by atoms with van der Waals surface area (Å²) in [4.78, 5) is 15.8. The molecule has 1 heterocycles. The number of hydrogen-bond donors (Lipinski definition) is 1. The Hall–Kier alpha value is -3.09. The molecular formula is C16H17N3O4. The second-order valence-electron chi connectivity index (χ2n) is 4.36. The Balaban J connectivity index is 2.20. The lowest BCUT2D eigenvalue weighted by Crippen LogP contribution is -2.18. The third-order valence-electron chi connectivity index (χ3n) is 3.01. The maximum Gasteiger partial charge on any atom is 0.289 e. The molecule has 1 N–H and O–H groups in total. The van der Waals surface area contributed by atoms with E-state index in [1.165, 1.54) is 26.6 Å². The lowest BCUT2D eigenvalue weighted by Gasteiger charge is -2.12. The van der Waals surface area contributed by atoms with Gasteiger partial charge in [0.05, 0.1) is 33.1 Å². The summed E-state index contributed by atoms with van der Waals surface area (Å²) in [6, 6.07) is 8.45. The van der Waals surface area contributed by atoms with Gasteiger partial charge in [0, 0.05) is 18.3 Å². The highest BCUT2D eigenvalue weighted by atomic mass is 16.5. The SMILES string of the molecule is COc1cc(OC)c(/C=N\NC(=O)c2ccccn2)c(OC)c1. The monoisotopic (exact) mass is 315 g/mol. The summed E-state index contributed by atoms with van der Waals surface area (Å²) in [5.74, 6) is 1.20. The van der Waals surface area contributed by atoms with Crippen molar-refractivity contribution < 1.29 is 19.0 Å². The zero-order chi connectivity index (χ0) is 16.7. The predicted octanol–water partition coefficient (Wildman–Crippen LogP) is 1.87. The number of hydrogen-bond acceptors (Lipinski definition) is 6. The van der Waals surface area contributed by atoms with Crippen molar-refractivity contribution in [2.75, 3.05) is 21.3 Å². The van der Waals surface area contributed by atoms with E-state index in [2.05, 4.69) is 15.5 Å². The van der Waals surface area contributed by atoms with Crippen LogP contribution in [0.2, 0.25) is 0 Å². The zero-order valence-electron chi connectivity index (χ0n) is 13.1. The van der Waals surface area contributed by atoms with E-state index in [1.54, 1.807) is 37.4 Å². The van der Waals surface area contributed by atoms with Crippen LogP contribution in [0.15, 0.2) is 41.6 Å². The van der Waals surface area contributed by atoms with Crippen LogP contribution in [0, 0.1) is 0 Å². The highest BCUT2D eigenvalue weighted by molar-refractivity contribution is 5.94. The first-order valence-corrected chi connectivity index (χ1v) is 6.74. The van der Waals surface area contributed by atoms with Crippen molar-refractivity contribution in [1.82, 2.24) is 10.4 Å². The van der Waals surface area contributed by atoms with Crippen LogP contribution in [-0.2, 0) is 0 Å². The molecule has 0 unspecified atom stereocenters. The Morgan fingerprint density at radius 2 is 1.83 bits per heavy atom. The molecular weight excluding hydrogens is 298 g/mol. The fourth-order valence-corrected chi connectivity index (χ4v) is 1.87. The summed E-state index contributed by atoms with van der Waals surface area (Å²) in [6.45, 7) is 0. The number of nitrogens with zero attached hydrogens (tertiary/aromatic N) is 2. The molecule has 0 aliphatic heterocycles. The molecule has 0 saturated heterocycles. The number of nitrogens with one attached hydrogen (secondary N) is 1. The van der Waals surface area contributed by atoms with Crippen molar-refractivity contribution >= 4 is 12.1 Å². The number of aromatic nitrogens is 1. The molecule has 1 aromatic heterocycles. The average Bonchev–Trinajstić information content (AvgIpc) is 2.62. The molecule has 2 rings (SSSR count). The van der Waals surface area contributed by atoms with Gasteiger partial charge in [0.15, 0.2) is 0 Å². The van der Waals surface area contributed by atoms with Gasteiger partial charge in [-0.1, -0.05) is 6.07 Å². The lowest BCUT2D eigenvalue weighted by atomic mass is 10.2. The number of hydrazone groups is 1. The molecule has 120 valence electrons. The molecule has 23 heavy (non-hydrogen) atoms. The molecule has 0 radical (unpaired) electrons. The Morgan fingerprint density at radius 3 is 2.35 bits per heavy atom. The summed E-state index contributed by atoms with van der Waals surface area (Å²) in [5.41, 5.74) is 3.26. The van der Waals surface area contributed by atoms with Crippen molar-refractivity contribution in [2.24, 2.45) is 5.10 Å². The minimum absolute atomic E-state index is 0.276. The van der Waals surface area contributed by atoms with Crippen LogP contribution in [-0.4, -0.2) is 38.4 Å². The smallest absolute Gasteiger partial charge is 0.289 e. The van der Waals surface area contributed by atoms with Gasteiger partial charge in [-0.3, -0.25) is 9.78 Å². The molecule has 0 atom stereocenters. The first kappa shape index (κ1) is 16.3. The van der Waals surface area contributed by atoms with Crippen LogP contribution >= 0.6 is 0 Å². The topological polar surface area (TPSA) is 82.0 Å². The molecule has 7 heteroatoms. The first-order valence-electron chi connectivity index (χ1n) is 6.74. The second-order valence-corrected chi connectivity index (χ2v) is 4.36. The van der Waals surface area contributed by atoms with E-state index in [0.29, 0.717) is 22.8 Å². The summed E-state index contributed by atoms with van der Waals surface area (Å²) < 4.78 is 15.8. The van der Waals surface area contributed by atoms with Crippen LogP contribution in [0.5, 0.6) is 17.2 Å². The van der Waals surface area contributed by atoms with Crippen LogP contribution in [0.3, 0.4) is 0 Å². The first-order chi connectivity index (χ1) is 11.2. The third kappa shape index (κ3) is 3.97. The molecule has 0 fully saturated rings. The molecule has 1 amide bonds. The standard InChI is InChI=1S/C16H17N3O4/c1-21-11-8-14(22-2)12(15(9-11)23-3)10-18-19-16(20)13-6-4-5-7-17-13/h4-10H,1-3H3,(H,19,20)/b18-10-. The lowest BCUT2D eigenvalue weighted by molar-refractivity contribution is 0.0950. The van der Waals surface area contributed by atoms with Gasteiger partial charge in [-0.15, -0.1) is 0 Å². The number of carbonyl (C=O) groups is 1. The molecule has 0 saturated carbocycles. The van der Waals surface area contributed by atoms with Crippen molar-refractivity contribution in [2.45, 2.75) is 0 Å². The fraction of sp³-hybridized carbons (Fsp3) is 0.188. The summed E-state index contributed by atoms with van der Waals surface area (Å²) in [5, 5.41) is 3.93. The van der Waals surface area contributed by atoms with E-state index in [-0.39, 0.29) is 5.69 Å². The van der Waals surface area contributed by atoms with E-state index in [1.807, 2.05) is 0 Å². The second kappa shape index (κ2) is 7.79. The molecule has 7 nitrogen and oxygen atoms in total. The molecule has 0 aliphatic rings. The number of rotatable bonds is 6. The van der Waals surface area contributed by atoms with Crippen LogP contribution in [0.25, 0.3) is 0 Å². The van der Waals surface area contributed by atoms with Gasteiger partial charge in [0.25, 0.3) is 5.91 Å². The van der Waals surface area contributed by atoms with Gasteiger partial charge in [0.1, 0.15) is 22.9 Å². The highest BCUT2D eigenvalue weighted by Gasteiger charge is 2.12. The summed E-state index contributed by atoms with van der Waals surface area (Å²) in [6.07, 6.45) is 2.98. The Bertz CT molecular complexity index is 677. The summed E-state index contributed by atoms with van der Waals surface area (Å²) in [7, 11) is 4.60. The molecule has 0 aliphatic carbocycles. The highest BCUT2D eigenvalue weighted by Crippen LogP contribution is 2.32. The van der Waals surface area contributed by atoms with Gasteiger partial charge >= 0.3 is 0 Å². The molecule has 0 spiro atoms. The number of benzene rings is 1. The van der Waals surface area contributed by atoms with Gasteiger partial charge in [0.2, 0.25) is 0 Å². The minimum Gasteiger partial charge on any atom is -0.496 e. The Labute approximate surface area is 133 Å². The molecule has 1 aromatic carbocycles. The number of methoxy groups -OCH3 is 3. The number of carbonyl (C=O) groups excluding carboxylic acids is 1. The quantitative estimate of drug-likeness (QED) is 0.650. The normalized spacial score (nSPS) is 10.4. The van der Waals surface area contributed by atoms with Gasteiger partial charge in [-0.2, -0.15) is 5.10 Å². The average molecular weight is 315 g/mol. The molecule has 2 aromatic rings. The van der Waals surface area contributed by atoms with E-state index >= 15 is 0 Å². The number of ether oxygens (including phenoxy) is 3. The minimum atomic E-state index is -0.409. The van der Waals surface area contributed by atoms with Crippen molar-refractivity contribution in [3.05, 3.63) is 47.8 Å². The Kier molecular flexibility index (Phi) is 5.51. The molecule has 0 bridgehead atoms. The maximum atomic E-state index is 11.9. The van der Waals surface area contributed by atoms with Crippen molar-refractivity contribution in [3.8, 4) is 17.2 Å². The zero-order valence-corrected chi connectivity index (χ0v) is 13.1. The van der Waals surface area contributed by atoms with Crippen LogP contribution < -0.4 is 19.6 Å². The maximum absolute atomic E-state index is 11.9. The fourth-order valence-electron chi connectivity index (χ4n) is 1.87. The van der Waals surface area contributed by atoms with Gasteiger partial charge < -0.3 is 14.2 Å². The van der Waals surface area contributed by atoms with Crippen molar-refractivity contribution in [1.29, 1.82) is 0 Å². The summed E-state index contributed by atoms with van der Waals surface area (Å²) >= 11 is 0. The number of amides is 1. The predicted molar refractivity (Wildman–Crippen MR) is 85.4 cm³/mol. The van der Waals surface area contributed by atoms with Crippen LogP contribution in [0.4, 0.5) is 0 Å². The Morgan fingerprint density at radius 1 is 1.13 bits per heavy atom. The van der Waals surface area contributed by atoms with E-state index < -0.39 is 5.91 Å². The third-order valence-corrected chi connectivity index (χ3v) is 3.01. The van der Waals surface area contributed by atoms with Crippen molar-refractivity contribution in [3.63, 3.8) is 0 Å². The largest absolute Gasteiger partial charge is 0.496 e. The van der Waals surface area contributed by atoms with E-state index in [9.17, 15) is 4.79 Å². The van der Waals surface area contributed by atoms with E-state index in [4.69, 9.17) is 14.2 Å². The van der Waals surface area contributed by atoms with Gasteiger partial charge in [-0.05, 0) is 12.1 Å².